The van der Waals surface area contributed by atoms with Crippen LogP contribution in [0.1, 0.15) is 22.3 Å². The summed E-state index contributed by atoms with van der Waals surface area (Å²) in [7, 11) is -3.76. The highest BCUT2D eigenvalue weighted by Gasteiger charge is 2.27. The summed E-state index contributed by atoms with van der Waals surface area (Å²) in [6.45, 7) is 8.29. The van der Waals surface area contributed by atoms with Crippen molar-refractivity contribution in [2.24, 2.45) is 0 Å². The highest BCUT2D eigenvalue weighted by molar-refractivity contribution is 7.92. The summed E-state index contributed by atoms with van der Waals surface area (Å²) >= 11 is 3.38. The average Bonchev–Trinajstić information content (AvgIpc) is 3.37. The summed E-state index contributed by atoms with van der Waals surface area (Å²) in [6.07, 6.45) is 0. The van der Waals surface area contributed by atoms with Crippen molar-refractivity contribution in [3.8, 4) is 0 Å². The van der Waals surface area contributed by atoms with E-state index in [-0.39, 0.29) is 0 Å². The summed E-state index contributed by atoms with van der Waals surface area (Å²) in [4.78, 5) is 0.800. The van der Waals surface area contributed by atoms with Gasteiger partial charge in [-0.2, -0.15) is 0 Å². The van der Waals surface area contributed by atoms with E-state index in [1.165, 1.54) is 11.1 Å². The Bertz CT molecular complexity index is 1740. The molecule has 0 aliphatic heterocycles. The fourth-order valence-corrected chi connectivity index (χ4v) is 9.20. The second-order valence-corrected chi connectivity index (χ2v) is 12.7. The number of benzene rings is 4. The molecule has 0 bridgehead atoms. The Morgan fingerprint density at radius 3 is 1.33 bits per heavy atom. The van der Waals surface area contributed by atoms with E-state index in [1.54, 1.807) is 34.8 Å². The lowest BCUT2D eigenvalue weighted by Gasteiger charge is -2.11. The highest BCUT2D eigenvalue weighted by atomic mass is 32.2. The van der Waals surface area contributed by atoms with Crippen LogP contribution in [0.5, 0.6) is 0 Å². The number of hydrogen-bond donors (Lipinski definition) is 0. The van der Waals surface area contributed by atoms with Crippen molar-refractivity contribution in [2.75, 3.05) is 0 Å². The molecule has 164 valence electrons. The molecule has 33 heavy (non-hydrogen) atoms. The number of hydrogen-bond acceptors (Lipinski definition) is 4. The molecule has 2 nitrogen and oxygen atoms in total. The number of aryl methyl sites for hydroxylation is 4. The Labute approximate surface area is 201 Å². The lowest BCUT2D eigenvalue weighted by atomic mass is 10.1. The number of sulfone groups is 1. The summed E-state index contributed by atoms with van der Waals surface area (Å²) < 4.78 is 33.1. The zero-order valence-corrected chi connectivity index (χ0v) is 21.3. The summed E-state index contributed by atoms with van der Waals surface area (Å²) in [5.41, 5.74) is 4.56. The molecular weight excluding hydrogens is 465 g/mol. The predicted molar refractivity (Wildman–Crippen MR) is 143 cm³/mol. The minimum absolute atomic E-state index is 0.400. The van der Waals surface area contributed by atoms with E-state index in [9.17, 15) is 8.42 Å². The Morgan fingerprint density at radius 1 is 0.515 bits per heavy atom. The van der Waals surface area contributed by atoms with Gasteiger partial charge in [0.25, 0.3) is 0 Å². The topological polar surface area (TPSA) is 34.1 Å². The van der Waals surface area contributed by atoms with Gasteiger partial charge in [0.15, 0.2) is 0 Å². The molecule has 0 fully saturated rings. The van der Waals surface area contributed by atoms with Crippen LogP contribution in [0.3, 0.4) is 0 Å². The molecule has 2 aromatic heterocycles. The van der Waals surface area contributed by atoms with Crippen molar-refractivity contribution in [3.63, 3.8) is 0 Å². The fourth-order valence-electron chi connectivity index (χ4n) is 4.85. The largest absolute Gasteiger partial charge is 0.218 e. The van der Waals surface area contributed by atoms with Crippen molar-refractivity contribution in [1.82, 2.24) is 0 Å². The lowest BCUT2D eigenvalue weighted by molar-refractivity contribution is 0.598. The van der Waals surface area contributed by atoms with Crippen LogP contribution in [0, 0.1) is 27.7 Å². The molecule has 0 radical (unpaired) electrons. The number of rotatable bonds is 2. The first-order valence-corrected chi connectivity index (χ1v) is 14.0. The Morgan fingerprint density at radius 2 is 0.909 bits per heavy atom. The van der Waals surface area contributed by atoms with E-state index in [2.05, 4.69) is 39.8 Å². The van der Waals surface area contributed by atoms with Crippen molar-refractivity contribution >= 4 is 72.9 Å². The van der Waals surface area contributed by atoms with Crippen LogP contribution >= 0.6 is 22.7 Å². The monoisotopic (exact) mass is 486 g/mol. The highest BCUT2D eigenvalue weighted by Crippen LogP contribution is 2.45. The van der Waals surface area contributed by atoms with Gasteiger partial charge in [0.1, 0.15) is 0 Å². The van der Waals surface area contributed by atoms with Crippen molar-refractivity contribution in [3.05, 3.63) is 82.9 Å². The van der Waals surface area contributed by atoms with Gasteiger partial charge in [0.05, 0.1) is 9.79 Å². The maximum Gasteiger partial charge on any atom is 0.207 e. The molecular formula is C28H22O2S3. The van der Waals surface area contributed by atoms with E-state index in [4.69, 9.17) is 0 Å². The molecule has 6 aromatic rings. The van der Waals surface area contributed by atoms with Gasteiger partial charge >= 0.3 is 0 Å². The number of thiophene rings is 2. The molecule has 2 heterocycles. The molecule has 0 atom stereocenters. The van der Waals surface area contributed by atoms with Crippen LogP contribution in [-0.4, -0.2) is 8.42 Å². The maximum atomic E-state index is 14.3. The van der Waals surface area contributed by atoms with E-state index >= 15 is 0 Å². The predicted octanol–water partition coefficient (Wildman–Crippen LogP) is 8.49. The maximum absolute atomic E-state index is 14.3. The fraction of sp³-hybridized carbons (Fsp3) is 0.143. The van der Waals surface area contributed by atoms with Crippen LogP contribution in [0.25, 0.3) is 40.3 Å². The lowest BCUT2D eigenvalue weighted by Crippen LogP contribution is -2.04. The second-order valence-electron chi connectivity index (χ2n) is 8.78. The van der Waals surface area contributed by atoms with Gasteiger partial charge in [0, 0.05) is 40.3 Å². The quantitative estimate of drug-likeness (QED) is 0.246. The minimum atomic E-state index is -3.76. The normalized spacial score (nSPS) is 12.5. The van der Waals surface area contributed by atoms with Gasteiger partial charge in [-0.1, -0.05) is 48.5 Å². The zero-order chi connectivity index (χ0) is 23.1. The Balaban J connectivity index is 1.77. The van der Waals surface area contributed by atoms with Crippen LogP contribution in [0.4, 0.5) is 0 Å². The average molecular weight is 487 g/mol. The molecule has 0 saturated carbocycles. The minimum Gasteiger partial charge on any atom is -0.218 e. The molecule has 0 spiro atoms. The molecule has 4 aromatic carbocycles. The van der Waals surface area contributed by atoms with Crippen LogP contribution in [-0.2, 0) is 9.84 Å². The molecule has 0 unspecified atom stereocenters. The van der Waals surface area contributed by atoms with E-state index in [0.717, 1.165) is 51.5 Å². The molecule has 0 amide bonds. The third-order valence-electron chi connectivity index (χ3n) is 6.58. The van der Waals surface area contributed by atoms with E-state index in [1.807, 2.05) is 36.4 Å². The smallest absolute Gasteiger partial charge is 0.207 e. The first-order chi connectivity index (χ1) is 15.8. The van der Waals surface area contributed by atoms with Gasteiger partial charge in [-0.25, -0.2) is 8.42 Å². The number of fused-ring (bicyclic) bond motifs is 6. The standard InChI is InChI=1S/C28H22O2S3/c1-15-7-5-9-19-23-21(13-11-17(3)27(23)31-25(15)19)33(29,30)22-14-12-18(4)28-24(22)20-10-6-8-16(2)26(20)32-28/h5-14H,1-4H3. The van der Waals surface area contributed by atoms with E-state index in [0.29, 0.717) is 9.79 Å². The van der Waals surface area contributed by atoms with Gasteiger partial charge in [-0.05, 0) is 62.1 Å². The van der Waals surface area contributed by atoms with Crippen molar-refractivity contribution < 1.29 is 8.42 Å². The molecule has 0 saturated heterocycles. The van der Waals surface area contributed by atoms with Crippen molar-refractivity contribution in [2.45, 2.75) is 37.5 Å². The Hall–Kier alpha value is -2.73. The Kier molecular flexibility index (Phi) is 4.51. The molecule has 0 aliphatic rings. The second kappa shape index (κ2) is 7.13. The molecule has 0 aliphatic carbocycles. The summed E-state index contributed by atoms with van der Waals surface area (Å²) in [5, 5.41) is 3.74. The molecule has 5 heteroatoms. The molecule has 6 rings (SSSR count). The van der Waals surface area contributed by atoms with Crippen LogP contribution in [0.2, 0.25) is 0 Å². The van der Waals surface area contributed by atoms with Crippen LogP contribution in [0.15, 0.2) is 70.5 Å². The third kappa shape index (κ3) is 2.86. The van der Waals surface area contributed by atoms with E-state index < -0.39 is 9.84 Å². The van der Waals surface area contributed by atoms with Crippen LogP contribution < -0.4 is 0 Å². The SMILES string of the molecule is Cc1cccc2c1sc1c(C)ccc(S(=O)(=O)c3ccc(C)c4sc5c(C)cccc5c34)c12. The van der Waals surface area contributed by atoms with Gasteiger partial charge in [-0.3, -0.25) is 0 Å². The van der Waals surface area contributed by atoms with Gasteiger partial charge in [-0.15, -0.1) is 22.7 Å². The van der Waals surface area contributed by atoms with Gasteiger partial charge in [0.2, 0.25) is 9.84 Å². The van der Waals surface area contributed by atoms with Crippen molar-refractivity contribution in [1.29, 1.82) is 0 Å². The summed E-state index contributed by atoms with van der Waals surface area (Å²) in [5.74, 6) is 0. The third-order valence-corrected chi connectivity index (χ3v) is 11.4. The summed E-state index contributed by atoms with van der Waals surface area (Å²) in [6, 6.07) is 19.8. The van der Waals surface area contributed by atoms with Gasteiger partial charge < -0.3 is 0 Å². The molecule has 0 N–H and O–H groups in total. The zero-order valence-electron chi connectivity index (χ0n) is 18.8. The first-order valence-electron chi connectivity index (χ1n) is 10.9. The first kappa shape index (κ1) is 20.8.